The molecule has 0 aromatic heterocycles. The summed E-state index contributed by atoms with van der Waals surface area (Å²) in [7, 11) is 3.11. The number of benzene rings is 1. The van der Waals surface area contributed by atoms with Gasteiger partial charge in [0.2, 0.25) is 5.91 Å². The summed E-state index contributed by atoms with van der Waals surface area (Å²) in [5.41, 5.74) is 1.03. The quantitative estimate of drug-likeness (QED) is 0.735. The average Bonchev–Trinajstić information content (AvgIpc) is 2.55. The first kappa shape index (κ1) is 16.3. The third kappa shape index (κ3) is 3.96. The molecule has 0 spiro atoms. The first-order chi connectivity index (χ1) is 10.7. The van der Waals surface area contributed by atoms with E-state index in [4.69, 9.17) is 4.74 Å². The topological polar surface area (TPSA) is 82.7 Å². The molecule has 0 bridgehead atoms. The van der Waals surface area contributed by atoms with Crippen molar-refractivity contribution in [2.45, 2.75) is 6.04 Å². The fourth-order valence-electron chi connectivity index (χ4n) is 2.60. The van der Waals surface area contributed by atoms with E-state index < -0.39 is 6.03 Å². The lowest BCUT2D eigenvalue weighted by Crippen LogP contribution is -2.51. The van der Waals surface area contributed by atoms with Crippen LogP contribution in [0, 0.1) is 0 Å². The van der Waals surface area contributed by atoms with Crippen LogP contribution in [0.1, 0.15) is 11.6 Å². The van der Waals surface area contributed by atoms with Crippen LogP contribution in [0.5, 0.6) is 5.75 Å². The van der Waals surface area contributed by atoms with Gasteiger partial charge in [0.1, 0.15) is 5.75 Å². The van der Waals surface area contributed by atoms with Crippen molar-refractivity contribution >= 4 is 11.9 Å². The van der Waals surface area contributed by atoms with Crippen LogP contribution in [0.2, 0.25) is 0 Å². The molecule has 1 aliphatic heterocycles. The highest BCUT2D eigenvalue weighted by atomic mass is 16.5. The van der Waals surface area contributed by atoms with E-state index in [2.05, 4.69) is 16.0 Å². The molecule has 0 radical (unpaired) electrons. The number of hydrogen-bond acceptors (Lipinski definition) is 5. The minimum absolute atomic E-state index is 0.0281. The van der Waals surface area contributed by atoms with E-state index in [1.807, 2.05) is 29.2 Å². The maximum absolute atomic E-state index is 11.9. The molecule has 1 aliphatic rings. The Balaban J connectivity index is 2.11. The molecule has 0 aliphatic carbocycles. The van der Waals surface area contributed by atoms with Crippen LogP contribution < -0.4 is 20.7 Å². The van der Waals surface area contributed by atoms with Crippen LogP contribution in [-0.4, -0.2) is 57.2 Å². The molecule has 1 atom stereocenters. The van der Waals surface area contributed by atoms with Gasteiger partial charge in [-0.1, -0.05) is 18.2 Å². The highest BCUT2D eigenvalue weighted by molar-refractivity contribution is 5.95. The molecule has 7 nitrogen and oxygen atoms in total. The van der Waals surface area contributed by atoms with Crippen LogP contribution in [0.4, 0.5) is 4.79 Å². The van der Waals surface area contributed by atoms with Crippen molar-refractivity contribution in [3.8, 4) is 5.75 Å². The van der Waals surface area contributed by atoms with Crippen LogP contribution in [0.3, 0.4) is 0 Å². The van der Waals surface area contributed by atoms with E-state index in [9.17, 15) is 9.59 Å². The number of carbonyl (C=O) groups excluding carboxylic acids is 2. The van der Waals surface area contributed by atoms with E-state index >= 15 is 0 Å². The van der Waals surface area contributed by atoms with Crippen molar-refractivity contribution in [3.63, 3.8) is 0 Å². The summed E-state index contributed by atoms with van der Waals surface area (Å²) in [5, 5.41) is 8.00. The van der Waals surface area contributed by atoms with Crippen molar-refractivity contribution in [1.82, 2.24) is 20.9 Å². The molecular weight excluding hydrogens is 284 g/mol. The monoisotopic (exact) mass is 306 g/mol. The molecule has 3 N–H and O–H groups in total. The molecule has 2 rings (SSSR count). The van der Waals surface area contributed by atoms with Crippen LogP contribution in [0.25, 0.3) is 0 Å². The Kier molecular flexibility index (Phi) is 5.74. The maximum atomic E-state index is 11.9. The van der Waals surface area contributed by atoms with Crippen LogP contribution >= 0.6 is 0 Å². The first-order valence-corrected chi connectivity index (χ1v) is 7.25. The summed E-state index contributed by atoms with van der Waals surface area (Å²) in [6.07, 6.45) is 0. The smallest absolute Gasteiger partial charge is 0.321 e. The predicted octanol–water partition coefficient (Wildman–Crippen LogP) is 0.0971. The number of carbonyl (C=O) groups is 2. The van der Waals surface area contributed by atoms with Crippen LogP contribution in [0.15, 0.2) is 24.3 Å². The van der Waals surface area contributed by atoms with Gasteiger partial charge in [0.05, 0.1) is 19.7 Å². The van der Waals surface area contributed by atoms with Gasteiger partial charge in [0.25, 0.3) is 0 Å². The fourth-order valence-corrected chi connectivity index (χ4v) is 2.60. The molecule has 1 aromatic carbocycles. The minimum atomic E-state index is -0.492. The molecule has 1 heterocycles. The number of hydrogen-bond donors (Lipinski definition) is 3. The molecule has 1 unspecified atom stereocenters. The Hall–Kier alpha value is -2.12. The highest BCUT2D eigenvalue weighted by Gasteiger charge is 2.27. The number of piperazine rings is 1. The summed E-state index contributed by atoms with van der Waals surface area (Å²) < 4.78 is 5.41. The standard InChI is InChI=1S/C15H22N4O3/c1-16-15(21)18-14(20)10-19-8-7-17-9-12(19)11-5-3-4-6-13(11)22-2/h3-6,12,17H,7-10H2,1-2H3,(H2,16,18,20,21). The Morgan fingerprint density at radius 2 is 2.18 bits per heavy atom. The summed E-state index contributed by atoms with van der Waals surface area (Å²) in [6.45, 7) is 2.42. The van der Waals surface area contributed by atoms with E-state index in [1.165, 1.54) is 7.05 Å². The number of amides is 3. The lowest BCUT2D eigenvalue weighted by Gasteiger charge is -2.36. The Morgan fingerprint density at radius 1 is 1.41 bits per heavy atom. The Bertz CT molecular complexity index is 535. The lowest BCUT2D eigenvalue weighted by molar-refractivity contribution is -0.122. The second-order valence-corrected chi connectivity index (χ2v) is 5.06. The van der Waals surface area contributed by atoms with Crippen molar-refractivity contribution in [2.24, 2.45) is 0 Å². The van der Waals surface area contributed by atoms with Crippen molar-refractivity contribution < 1.29 is 14.3 Å². The first-order valence-electron chi connectivity index (χ1n) is 7.25. The van der Waals surface area contributed by atoms with Gasteiger partial charge in [-0.2, -0.15) is 0 Å². The van der Waals surface area contributed by atoms with Gasteiger partial charge < -0.3 is 15.4 Å². The van der Waals surface area contributed by atoms with Gasteiger partial charge in [0.15, 0.2) is 0 Å². The van der Waals surface area contributed by atoms with Gasteiger partial charge in [-0.25, -0.2) is 4.79 Å². The van der Waals surface area contributed by atoms with E-state index in [1.54, 1.807) is 7.11 Å². The second-order valence-electron chi connectivity index (χ2n) is 5.06. The molecule has 120 valence electrons. The SMILES string of the molecule is CNC(=O)NC(=O)CN1CCNCC1c1ccccc1OC. The molecule has 1 fully saturated rings. The van der Waals surface area contributed by atoms with Crippen molar-refractivity contribution in [1.29, 1.82) is 0 Å². The molecule has 3 amide bonds. The summed E-state index contributed by atoms with van der Waals surface area (Å²) in [6, 6.07) is 7.32. The molecule has 1 saturated heterocycles. The number of nitrogens with zero attached hydrogens (tertiary/aromatic N) is 1. The average molecular weight is 306 g/mol. The summed E-state index contributed by atoms with van der Waals surface area (Å²) in [4.78, 5) is 25.2. The number of imide groups is 1. The number of rotatable bonds is 4. The van der Waals surface area contributed by atoms with Gasteiger partial charge >= 0.3 is 6.03 Å². The zero-order chi connectivity index (χ0) is 15.9. The van der Waals surface area contributed by atoms with Crippen molar-refractivity contribution in [2.75, 3.05) is 40.3 Å². The second kappa shape index (κ2) is 7.77. The highest BCUT2D eigenvalue weighted by Crippen LogP contribution is 2.29. The zero-order valence-electron chi connectivity index (χ0n) is 12.9. The summed E-state index contributed by atoms with van der Waals surface area (Å²) >= 11 is 0. The normalized spacial score (nSPS) is 18.5. The molecule has 0 saturated carbocycles. The fraction of sp³-hybridized carbons (Fsp3) is 0.467. The van der Waals surface area contributed by atoms with Gasteiger partial charge in [-0.05, 0) is 6.07 Å². The number of para-hydroxylation sites is 1. The maximum Gasteiger partial charge on any atom is 0.321 e. The Morgan fingerprint density at radius 3 is 2.91 bits per heavy atom. The molecule has 1 aromatic rings. The third-order valence-electron chi connectivity index (χ3n) is 3.68. The lowest BCUT2D eigenvalue weighted by atomic mass is 10.0. The molecular formula is C15H22N4O3. The van der Waals surface area contributed by atoms with Gasteiger partial charge in [-0.15, -0.1) is 0 Å². The number of urea groups is 1. The summed E-state index contributed by atoms with van der Waals surface area (Å²) in [5.74, 6) is 0.481. The number of nitrogens with one attached hydrogen (secondary N) is 3. The van der Waals surface area contributed by atoms with Gasteiger partial charge in [-0.3, -0.25) is 15.0 Å². The third-order valence-corrected chi connectivity index (χ3v) is 3.68. The Labute approximate surface area is 130 Å². The zero-order valence-corrected chi connectivity index (χ0v) is 12.9. The molecule has 22 heavy (non-hydrogen) atoms. The van der Waals surface area contributed by atoms with E-state index in [0.717, 1.165) is 30.9 Å². The van der Waals surface area contributed by atoms with E-state index in [-0.39, 0.29) is 18.5 Å². The minimum Gasteiger partial charge on any atom is -0.496 e. The van der Waals surface area contributed by atoms with Crippen LogP contribution in [-0.2, 0) is 4.79 Å². The predicted molar refractivity (Wildman–Crippen MR) is 82.8 cm³/mol. The van der Waals surface area contributed by atoms with E-state index in [0.29, 0.717) is 0 Å². The van der Waals surface area contributed by atoms with Crippen molar-refractivity contribution in [3.05, 3.63) is 29.8 Å². The largest absolute Gasteiger partial charge is 0.496 e. The number of ether oxygens (including phenoxy) is 1. The number of methoxy groups -OCH3 is 1. The van der Waals surface area contributed by atoms with Gasteiger partial charge in [0, 0.05) is 32.2 Å². The molecule has 7 heteroatoms.